The molecule has 3 aromatic heterocycles. The van der Waals surface area contributed by atoms with Crippen molar-refractivity contribution in [1.82, 2.24) is 14.5 Å². The molecule has 42 heavy (non-hydrogen) atoms. The van der Waals surface area contributed by atoms with E-state index in [0.717, 1.165) is 6.42 Å². The van der Waals surface area contributed by atoms with Crippen molar-refractivity contribution in [2.45, 2.75) is 44.1 Å². The predicted octanol–water partition coefficient (Wildman–Crippen LogP) is 4.24. The van der Waals surface area contributed by atoms with Crippen LogP contribution in [0, 0.1) is 0 Å². The fraction of sp³-hybridized carbons (Fsp3) is 0.323. The van der Waals surface area contributed by atoms with Crippen molar-refractivity contribution in [1.29, 1.82) is 0 Å². The molecule has 2 aliphatic rings. The molecule has 0 bridgehead atoms. The molecule has 11 nitrogen and oxygen atoms in total. The molecule has 0 aliphatic heterocycles. The molecular formula is C31H30N4O7. The molecule has 216 valence electrons. The maximum Gasteiger partial charge on any atom is 0.264 e. The van der Waals surface area contributed by atoms with Crippen LogP contribution in [0.3, 0.4) is 0 Å². The molecule has 1 amide bonds. The number of ether oxygens (including phenoxy) is 3. The highest BCUT2D eigenvalue weighted by Gasteiger charge is 2.42. The number of carbonyl (C=O) groups is 2. The van der Waals surface area contributed by atoms with E-state index in [9.17, 15) is 19.5 Å². The first-order chi connectivity index (χ1) is 20.4. The lowest BCUT2D eigenvalue weighted by Crippen LogP contribution is -2.52. The summed E-state index contributed by atoms with van der Waals surface area (Å²) in [7, 11) is 3.10. The fourth-order valence-electron chi connectivity index (χ4n) is 5.76. The highest BCUT2D eigenvalue weighted by molar-refractivity contribution is 6.06. The molecule has 0 atom stereocenters. The lowest BCUT2D eigenvalue weighted by atomic mass is 9.75. The molecule has 0 saturated heterocycles. The highest BCUT2D eigenvalue weighted by atomic mass is 16.5. The molecule has 0 unspecified atom stereocenters. The van der Waals surface area contributed by atoms with Crippen molar-refractivity contribution in [3.05, 3.63) is 76.0 Å². The maximum absolute atomic E-state index is 13.6. The number of benzene rings is 1. The monoisotopic (exact) mass is 570 g/mol. The quantitative estimate of drug-likeness (QED) is 0.318. The molecule has 2 aliphatic carbocycles. The Kier molecular flexibility index (Phi) is 7.11. The Morgan fingerprint density at radius 1 is 1.00 bits per heavy atom. The molecule has 0 spiro atoms. The number of aliphatic hydroxyl groups is 1. The minimum Gasteiger partial charge on any atom is -0.493 e. The summed E-state index contributed by atoms with van der Waals surface area (Å²) < 4.78 is 18.3. The van der Waals surface area contributed by atoms with Gasteiger partial charge >= 0.3 is 0 Å². The van der Waals surface area contributed by atoms with Gasteiger partial charge < -0.3 is 29.2 Å². The van der Waals surface area contributed by atoms with Gasteiger partial charge in [0.05, 0.1) is 38.1 Å². The van der Waals surface area contributed by atoms with Crippen molar-refractivity contribution in [3.8, 4) is 23.0 Å². The van der Waals surface area contributed by atoms with Gasteiger partial charge in [-0.2, -0.15) is 0 Å². The van der Waals surface area contributed by atoms with E-state index in [2.05, 4.69) is 15.3 Å². The number of aromatic nitrogens is 3. The zero-order chi connectivity index (χ0) is 29.4. The van der Waals surface area contributed by atoms with Crippen LogP contribution in [0.2, 0.25) is 0 Å². The SMILES string of the molecule is COc1cc2nccc(Oc3ccc(NC(=O)c4cc5c(n(C6(CO)CCC6)c4=O)CCCC5=O)nc3)c2cc1OC. The summed E-state index contributed by atoms with van der Waals surface area (Å²) in [5.41, 5.74) is 0.200. The van der Waals surface area contributed by atoms with Crippen molar-refractivity contribution in [3.63, 3.8) is 0 Å². The summed E-state index contributed by atoms with van der Waals surface area (Å²) >= 11 is 0. The second kappa shape index (κ2) is 10.9. The average Bonchev–Trinajstić information content (AvgIpc) is 2.98. The Hall–Kier alpha value is -4.77. The van der Waals surface area contributed by atoms with Gasteiger partial charge in [-0.25, -0.2) is 4.98 Å². The first kappa shape index (κ1) is 27.4. The second-order valence-electron chi connectivity index (χ2n) is 10.5. The topological polar surface area (TPSA) is 142 Å². The minimum atomic E-state index is -0.779. The number of nitrogens with zero attached hydrogens (tertiary/aromatic N) is 3. The van der Waals surface area contributed by atoms with Crippen LogP contribution in [-0.2, 0) is 12.0 Å². The summed E-state index contributed by atoms with van der Waals surface area (Å²) in [5.74, 6) is 1.43. The van der Waals surface area contributed by atoms with Crippen LogP contribution in [0.15, 0.2) is 53.6 Å². The second-order valence-corrected chi connectivity index (χ2v) is 10.5. The highest BCUT2D eigenvalue weighted by Crippen LogP contribution is 2.40. The van der Waals surface area contributed by atoms with Gasteiger partial charge in [0.1, 0.15) is 22.9 Å². The van der Waals surface area contributed by atoms with Gasteiger partial charge in [-0.05, 0) is 62.4 Å². The number of rotatable bonds is 8. The third-order valence-corrected chi connectivity index (χ3v) is 8.13. The molecule has 0 radical (unpaired) electrons. The number of anilines is 1. The predicted molar refractivity (Wildman–Crippen MR) is 154 cm³/mol. The van der Waals surface area contributed by atoms with E-state index in [1.54, 1.807) is 50.7 Å². The first-order valence-corrected chi connectivity index (χ1v) is 13.8. The molecular weight excluding hydrogens is 540 g/mol. The maximum atomic E-state index is 13.6. The Morgan fingerprint density at radius 3 is 2.45 bits per heavy atom. The van der Waals surface area contributed by atoms with E-state index >= 15 is 0 Å². The van der Waals surface area contributed by atoms with E-state index in [0.29, 0.717) is 77.3 Å². The van der Waals surface area contributed by atoms with Gasteiger partial charge in [-0.15, -0.1) is 0 Å². The number of carbonyl (C=O) groups excluding carboxylic acids is 2. The number of aliphatic hydroxyl groups excluding tert-OH is 1. The van der Waals surface area contributed by atoms with Crippen LogP contribution >= 0.6 is 0 Å². The van der Waals surface area contributed by atoms with E-state index in [1.165, 1.54) is 16.8 Å². The van der Waals surface area contributed by atoms with Crippen molar-refractivity contribution >= 4 is 28.4 Å². The summed E-state index contributed by atoms with van der Waals surface area (Å²) in [6, 6.07) is 9.84. The molecule has 2 N–H and O–H groups in total. The van der Waals surface area contributed by atoms with Crippen LogP contribution < -0.4 is 25.1 Å². The zero-order valence-electron chi connectivity index (χ0n) is 23.3. The first-order valence-electron chi connectivity index (χ1n) is 13.8. The Morgan fingerprint density at radius 2 is 1.79 bits per heavy atom. The number of ketones is 1. The number of hydrogen-bond donors (Lipinski definition) is 2. The van der Waals surface area contributed by atoms with E-state index < -0.39 is 17.0 Å². The molecule has 6 rings (SSSR count). The standard InChI is InChI=1S/C31H30N4O7/c1-40-26-14-19-22(15-27(26)41-2)32-12-9-25(19)42-18-7-8-28(33-16-18)34-29(38)21-13-20-23(5-3-6-24(20)37)35(30(21)39)31(17-36)10-4-11-31/h7-9,12-16,36H,3-6,10-11,17H2,1-2H3,(H,33,34,38). The molecule has 3 heterocycles. The third kappa shape index (κ3) is 4.65. The largest absolute Gasteiger partial charge is 0.493 e. The zero-order valence-corrected chi connectivity index (χ0v) is 23.3. The van der Waals surface area contributed by atoms with Crippen molar-refractivity contribution in [2.24, 2.45) is 0 Å². The van der Waals surface area contributed by atoms with Crippen LogP contribution in [-0.4, -0.2) is 52.2 Å². The van der Waals surface area contributed by atoms with Gasteiger partial charge in [-0.3, -0.25) is 19.4 Å². The molecule has 1 fully saturated rings. The number of fused-ring (bicyclic) bond motifs is 2. The van der Waals surface area contributed by atoms with Crippen LogP contribution in [0.4, 0.5) is 5.82 Å². The summed E-state index contributed by atoms with van der Waals surface area (Å²) in [6.45, 7) is -0.227. The van der Waals surface area contributed by atoms with Crippen molar-refractivity contribution in [2.75, 3.05) is 26.1 Å². The Balaban J connectivity index is 1.27. The number of amides is 1. The van der Waals surface area contributed by atoms with Crippen LogP contribution in [0.5, 0.6) is 23.0 Å². The third-order valence-electron chi connectivity index (χ3n) is 8.13. The number of methoxy groups -OCH3 is 2. The minimum absolute atomic E-state index is 0.106. The molecule has 11 heteroatoms. The van der Waals surface area contributed by atoms with Gasteiger partial charge in [0, 0.05) is 35.3 Å². The van der Waals surface area contributed by atoms with Crippen LogP contribution in [0.1, 0.15) is 58.5 Å². The molecule has 1 aromatic carbocycles. The number of pyridine rings is 3. The lowest BCUT2D eigenvalue weighted by molar-refractivity contribution is 0.0481. The van der Waals surface area contributed by atoms with Crippen molar-refractivity contribution < 1.29 is 28.9 Å². The van der Waals surface area contributed by atoms with Gasteiger partial charge in [-0.1, -0.05) is 0 Å². The molecule has 1 saturated carbocycles. The van der Waals surface area contributed by atoms with Crippen LogP contribution in [0.25, 0.3) is 10.9 Å². The average molecular weight is 571 g/mol. The smallest absolute Gasteiger partial charge is 0.264 e. The van der Waals surface area contributed by atoms with E-state index in [4.69, 9.17) is 14.2 Å². The van der Waals surface area contributed by atoms with Gasteiger partial charge in [0.2, 0.25) is 0 Å². The summed E-state index contributed by atoms with van der Waals surface area (Å²) in [4.78, 5) is 48.4. The van der Waals surface area contributed by atoms with Gasteiger partial charge in [0.25, 0.3) is 11.5 Å². The molecule has 4 aromatic rings. The normalized spacial score (nSPS) is 15.5. The number of hydrogen-bond acceptors (Lipinski definition) is 9. The Bertz CT molecular complexity index is 1750. The van der Waals surface area contributed by atoms with E-state index in [1.807, 2.05) is 0 Å². The Labute approximate surface area is 241 Å². The van der Waals surface area contributed by atoms with Gasteiger partial charge in [0.15, 0.2) is 17.3 Å². The fourth-order valence-corrected chi connectivity index (χ4v) is 5.76. The van der Waals surface area contributed by atoms with E-state index in [-0.39, 0.29) is 23.8 Å². The number of Topliss-reactive ketones (excluding diaryl/α,β-unsaturated/α-hetero) is 1. The number of nitrogens with one attached hydrogen (secondary N) is 1. The summed E-state index contributed by atoms with van der Waals surface area (Å²) in [6.07, 6.45) is 6.70. The lowest BCUT2D eigenvalue weighted by Gasteiger charge is -2.44. The summed E-state index contributed by atoms with van der Waals surface area (Å²) in [5, 5.41) is 13.6.